The van der Waals surface area contributed by atoms with Crippen molar-refractivity contribution in [3.05, 3.63) is 46.6 Å². The minimum atomic E-state index is -3.85. The Kier molecular flexibility index (Phi) is 6.66. The average Bonchev–Trinajstić information content (AvgIpc) is 2.62. The van der Waals surface area contributed by atoms with E-state index in [1.807, 2.05) is 19.0 Å². The quantitative estimate of drug-likeness (QED) is 0.484. The number of hydrogen-bond donors (Lipinski definition) is 2. The van der Waals surface area contributed by atoms with E-state index in [-0.39, 0.29) is 22.8 Å². The second-order valence-corrected chi connectivity index (χ2v) is 7.62. The number of benzene rings is 1. The van der Waals surface area contributed by atoms with Crippen LogP contribution in [0.5, 0.6) is 5.88 Å². The van der Waals surface area contributed by atoms with Crippen molar-refractivity contribution in [2.75, 3.05) is 39.6 Å². The molecule has 0 unspecified atom stereocenters. The van der Waals surface area contributed by atoms with Gasteiger partial charge in [-0.3, -0.25) is 10.1 Å². The first kappa shape index (κ1) is 20.6. The maximum Gasteiger partial charge on any atom is 0.294 e. The largest absolute Gasteiger partial charge is 0.481 e. The first-order valence-electron chi connectivity index (χ1n) is 7.93. The molecule has 0 atom stereocenters. The van der Waals surface area contributed by atoms with Crippen molar-refractivity contribution in [1.82, 2.24) is 14.6 Å². The number of pyridine rings is 1. The molecule has 2 aromatic rings. The maximum absolute atomic E-state index is 12.3. The summed E-state index contributed by atoms with van der Waals surface area (Å²) >= 11 is 0. The van der Waals surface area contributed by atoms with Crippen LogP contribution in [0.4, 0.5) is 17.1 Å². The van der Waals surface area contributed by atoms with E-state index < -0.39 is 14.9 Å². The van der Waals surface area contributed by atoms with Gasteiger partial charge in [-0.25, -0.2) is 18.1 Å². The molecular weight excluding hydrogens is 374 g/mol. The Bertz CT molecular complexity index is 900. The van der Waals surface area contributed by atoms with Crippen molar-refractivity contribution >= 4 is 27.1 Å². The topological polar surface area (TPSA) is 127 Å². The number of aromatic nitrogens is 1. The third-order valence-corrected chi connectivity index (χ3v) is 5.01. The standard InChI is InChI=1S/C16H21N5O5S/c1-20(2)9-8-18-27(24,25)13-5-6-14(15(10-13)21(22)23)19-12-4-7-16(26-3)17-11-12/h4-7,10-11,18-19H,8-9H2,1-3H3. The van der Waals surface area contributed by atoms with Gasteiger partial charge >= 0.3 is 0 Å². The van der Waals surface area contributed by atoms with Crippen LogP contribution in [0.15, 0.2) is 41.4 Å². The van der Waals surface area contributed by atoms with Crippen LogP contribution in [-0.4, -0.2) is 57.5 Å². The molecular formula is C16H21N5O5S. The Labute approximate surface area is 157 Å². The molecule has 0 spiro atoms. The van der Waals surface area contributed by atoms with E-state index in [0.29, 0.717) is 18.1 Å². The third-order valence-electron chi connectivity index (χ3n) is 3.55. The van der Waals surface area contributed by atoms with Gasteiger partial charge in [-0.2, -0.15) is 0 Å². The molecule has 0 aliphatic heterocycles. The first-order chi connectivity index (χ1) is 12.7. The number of nitrogens with zero attached hydrogens (tertiary/aromatic N) is 3. The lowest BCUT2D eigenvalue weighted by molar-refractivity contribution is -0.384. The van der Waals surface area contributed by atoms with Gasteiger partial charge in [-0.05, 0) is 32.3 Å². The minimum absolute atomic E-state index is 0.152. The zero-order valence-corrected chi connectivity index (χ0v) is 16.0. The van der Waals surface area contributed by atoms with Gasteiger partial charge in [-0.1, -0.05) is 0 Å². The number of rotatable bonds is 9. The lowest BCUT2D eigenvalue weighted by atomic mass is 10.2. The molecule has 11 heteroatoms. The number of nitrogens with one attached hydrogen (secondary N) is 2. The summed E-state index contributed by atoms with van der Waals surface area (Å²) in [5, 5.41) is 14.3. The zero-order valence-electron chi connectivity index (χ0n) is 15.2. The van der Waals surface area contributed by atoms with Gasteiger partial charge in [0.2, 0.25) is 15.9 Å². The zero-order chi connectivity index (χ0) is 20.0. The second-order valence-electron chi connectivity index (χ2n) is 5.85. The Morgan fingerprint density at radius 1 is 1.26 bits per heavy atom. The van der Waals surface area contributed by atoms with Crippen LogP contribution in [-0.2, 0) is 10.0 Å². The smallest absolute Gasteiger partial charge is 0.294 e. The van der Waals surface area contributed by atoms with Crippen LogP contribution >= 0.6 is 0 Å². The van der Waals surface area contributed by atoms with Gasteiger partial charge in [0, 0.05) is 25.2 Å². The molecule has 0 saturated carbocycles. The van der Waals surface area contributed by atoms with Crippen LogP contribution in [0.25, 0.3) is 0 Å². The summed E-state index contributed by atoms with van der Waals surface area (Å²) in [4.78, 5) is 16.4. The van der Waals surface area contributed by atoms with Crippen molar-refractivity contribution in [3.8, 4) is 5.88 Å². The second kappa shape index (κ2) is 8.75. The molecule has 2 rings (SSSR count). The monoisotopic (exact) mass is 395 g/mol. The fourth-order valence-electron chi connectivity index (χ4n) is 2.15. The fourth-order valence-corrected chi connectivity index (χ4v) is 3.19. The van der Waals surface area contributed by atoms with E-state index in [2.05, 4.69) is 15.0 Å². The lowest BCUT2D eigenvalue weighted by Gasteiger charge is -2.12. The van der Waals surface area contributed by atoms with Gasteiger partial charge in [0.25, 0.3) is 5.69 Å². The number of anilines is 2. The van der Waals surface area contributed by atoms with E-state index in [9.17, 15) is 18.5 Å². The molecule has 0 saturated heterocycles. The molecule has 0 fully saturated rings. The number of nitro groups is 1. The molecule has 27 heavy (non-hydrogen) atoms. The lowest BCUT2D eigenvalue weighted by Crippen LogP contribution is -2.31. The summed E-state index contributed by atoms with van der Waals surface area (Å²) in [5.74, 6) is 0.403. The minimum Gasteiger partial charge on any atom is -0.481 e. The van der Waals surface area contributed by atoms with Crippen molar-refractivity contribution < 1.29 is 18.1 Å². The summed E-state index contributed by atoms with van der Waals surface area (Å²) in [6.45, 7) is 0.700. The van der Waals surface area contributed by atoms with E-state index in [4.69, 9.17) is 4.74 Å². The number of nitro benzene ring substituents is 1. The number of methoxy groups -OCH3 is 1. The average molecular weight is 395 g/mol. The SMILES string of the molecule is COc1ccc(Nc2ccc(S(=O)(=O)NCCN(C)C)cc2[N+](=O)[O-])cn1. The molecule has 0 bridgehead atoms. The molecule has 10 nitrogen and oxygen atoms in total. The van der Waals surface area contributed by atoms with Gasteiger partial charge < -0.3 is 15.0 Å². The highest BCUT2D eigenvalue weighted by atomic mass is 32.2. The molecule has 0 radical (unpaired) electrons. The molecule has 0 amide bonds. The Balaban J connectivity index is 2.26. The van der Waals surface area contributed by atoms with Crippen LogP contribution in [0, 0.1) is 10.1 Å². The highest BCUT2D eigenvalue weighted by Crippen LogP contribution is 2.30. The Hall–Kier alpha value is -2.76. The number of likely N-dealkylation sites (N-methyl/N-ethyl adjacent to an activating group) is 1. The molecule has 0 aliphatic carbocycles. The highest BCUT2D eigenvalue weighted by molar-refractivity contribution is 7.89. The van der Waals surface area contributed by atoms with Crippen LogP contribution in [0.2, 0.25) is 0 Å². The summed E-state index contributed by atoms with van der Waals surface area (Å²) in [7, 11) is 1.26. The van der Waals surface area contributed by atoms with Crippen molar-refractivity contribution in [2.45, 2.75) is 4.90 Å². The highest BCUT2D eigenvalue weighted by Gasteiger charge is 2.21. The van der Waals surface area contributed by atoms with Crippen molar-refractivity contribution in [3.63, 3.8) is 0 Å². The fraction of sp³-hybridized carbons (Fsp3) is 0.312. The number of sulfonamides is 1. The normalized spacial score (nSPS) is 11.4. The molecule has 1 aromatic carbocycles. The van der Waals surface area contributed by atoms with Gasteiger partial charge in [-0.15, -0.1) is 0 Å². The summed E-state index contributed by atoms with van der Waals surface area (Å²) in [5.41, 5.74) is 0.291. The molecule has 1 aromatic heterocycles. The van der Waals surface area contributed by atoms with Crippen LogP contribution < -0.4 is 14.8 Å². The van der Waals surface area contributed by atoms with Crippen molar-refractivity contribution in [1.29, 1.82) is 0 Å². The van der Waals surface area contributed by atoms with Crippen LogP contribution in [0.3, 0.4) is 0 Å². The van der Waals surface area contributed by atoms with E-state index in [0.717, 1.165) is 6.07 Å². The van der Waals surface area contributed by atoms with Crippen LogP contribution in [0.1, 0.15) is 0 Å². The molecule has 0 aliphatic rings. The van der Waals surface area contributed by atoms with Gasteiger partial charge in [0.15, 0.2) is 0 Å². The predicted molar refractivity (Wildman–Crippen MR) is 101 cm³/mol. The molecule has 1 heterocycles. The Morgan fingerprint density at radius 3 is 2.56 bits per heavy atom. The van der Waals surface area contributed by atoms with Gasteiger partial charge in [0.1, 0.15) is 5.69 Å². The summed E-state index contributed by atoms with van der Waals surface area (Å²) in [6.07, 6.45) is 1.45. The molecule has 2 N–H and O–H groups in total. The summed E-state index contributed by atoms with van der Waals surface area (Å²) in [6, 6.07) is 6.93. The van der Waals surface area contributed by atoms with E-state index in [1.54, 1.807) is 12.1 Å². The number of ether oxygens (including phenoxy) is 1. The predicted octanol–water partition coefficient (Wildman–Crippen LogP) is 1.58. The van der Waals surface area contributed by atoms with E-state index >= 15 is 0 Å². The maximum atomic E-state index is 12.3. The van der Waals surface area contributed by atoms with E-state index in [1.165, 1.54) is 25.4 Å². The van der Waals surface area contributed by atoms with Crippen molar-refractivity contribution in [2.24, 2.45) is 0 Å². The molecule has 146 valence electrons. The number of hydrogen-bond acceptors (Lipinski definition) is 8. The Morgan fingerprint density at radius 2 is 2.00 bits per heavy atom. The first-order valence-corrected chi connectivity index (χ1v) is 9.41. The van der Waals surface area contributed by atoms with Gasteiger partial charge in [0.05, 0.1) is 28.8 Å². The summed E-state index contributed by atoms with van der Waals surface area (Å²) < 4.78 is 32.0. The third kappa shape index (κ3) is 5.61.